The number of amides is 1. The van der Waals surface area contributed by atoms with Gasteiger partial charge in [-0.25, -0.2) is 4.39 Å². The second-order valence-corrected chi connectivity index (χ2v) is 4.39. The zero-order chi connectivity index (χ0) is 12.7. The average molecular weight is 257 g/mol. The molecule has 0 heterocycles. The summed E-state index contributed by atoms with van der Waals surface area (Å²) in [5.41, 5.74) is 2.45. The molecule has 6 heteroatoms. The fraction of sp³-hybridized carbons (Fsp3) is 0.364. The summed E-state index contributed by atoms with van der Waals surface area (Å²) >= 11 is 1.72. The summed E-state index contributed by atoms with van der Waals surface area (Å²) in [4.78, 5) is 11.8. The monoisotopic (exact) mass is 257 g/mol. The van der Waals surface area contributed by atoms with Crippen molar-refractivity contribution in [1.29, 1.82) is 0 Å². The Kier molecular flexibility index (Phi) is 5.79. The first-order valence-corrected chi connectivity index (χ1v) is 6.62. The van der Waals surface area contributed by atoms with Crippen LogP contribution in [0.2, 0.25) is 0 Å². The summed E-state index contributed by atoms with van der Waals surface area (Å²) in [6.07, 6.45) is 2.89. The van der Waals surface area contributed by atoms with Crippen molar-refractivity contribution < 1.29 is 9.18 Å². The molecule has 4 N–H and O–H groups in total. The number of hydrogen-bond donors (Lipinski definition) is 3. The number of halogens is 1. The second-order valence-electron chi connectivity index (χ2n) is 3.41. The predicted molar refractivity (Wildman–Crippen MR) is 69.5 cm³/mol. The number of thioether (sulfide) groups is 1. The van der Waals surface area contributed by atoms with Gasteiger partial charge in [0, 0.05) is 6.54 Å². The molecule has 0 aliphatic heterocycles. The Morgan fingerprint density at radius 2 is 2.29 bits per heavy atom. The molecule has 1 aromatic carbocycles. The van der Waals surface area contributed by atoms with E-state index >= 15 is 0 Å². The van der Waals surface area contributed by atoms with Crippen LogP contribution in [-0.2, 0) is 0 Å². The number of rotatable bonds is 6. The molecule has 94 valence electrons. The summed E-state index contributed by atoms with van der Waals surface area (Å²) in [5, 5.41) is 2.72. The molecule has 1 aromatic rings. The number of anilines is 1. The summed E-state index contributed by atoms with van der Waals surface area (Å²) in [5.74, 6) is 5.31. The predicted octanol–water partition coefficient (Wildman–Crippen LogP) is 1.59. The molecule has 0 atom stereocenters. The lowest BCUT2D eigenvalue weighted by Gasteiger charge is -2.10. The fourth-order valence-electron chi connectivity index (χ4n) is 1.37. The smallest absolute Gasteiger partial charge is 0.253 e. The van der Waals surface area contributed by atoms with E-state index in [1.54, 1.807) is 11.8 Å². The van der Waals surface area contributed by atoms with Gasteiger partial charge in [-0.2, -0.15) is 11.8 Å². The van der Waals surface area contributed by atoms with Crippen LogP contribution in [0.1, 0.15) is 16.8 Å². The van der Waals surface area contributed by atoms with Gasteiger partial charge < -0.3 is 10.7 Å². The number of carbonyl (C=O) groups is 1. The summed E-state index contributed by atoms with van der Waals surface area (Å²) in [7, 11) is 0. The number of hydrazine groups is 1. The van der Waals surface area contributed by atoms with Gasteiger partial charge in [-0.05, 0) is 30.6 Å². The minimum atomic E-state index is -0.538. The lowest BCUT2D eigenvalue weighted by atomic mass is 10.1. The summed E-state index contributed by atoms with van der Waals surface area (Å²) < 4.78 is 13.3. The van der Waals surface area contributed by atoms with Crippen LogP contribution in [0.3, 0.4) is 0 Å². The van der Waals surface area contributed by atoms with E-state index in [0.717, 1.165) is 12.2 Å². The largest absolute Gasteiger partial charge is 0.352 e. The Hall–Kier alpha value is -1.27. The molecule has 0 saturated carbocycles. The standard InChI is InChI=1S/C11H16FN3OS/c1-17-7-3-6-14-11(16)8-4-2-5-9(12)10(8)15-13/h2,4-5,15H,3,6-7,13H2,1H3,(H,14,16). The van der Waals surface area contributed by atoms with Gasteiger partial charge in [0.2, 0.25) is 0 Å². The second kappa shape index (κ2) is 7.13. The third-order valence-corrected chi connectivity index (χ3v) is 2.91. The van der Waals surface area contributed by atoms with Gasteiger partial charge in [0.25, 0.3) is 5.91 Å². The summed E-state index contributed by atoms with van der Waals surface area (Å²) in [6, 6.07) is 4.26. The third-order valence-electron chi connectivity index (χ3n) is 2.21. The Bertz CT molecular complexity index is 387. The quantitative estimate of drug-likeness (QED) is 0.411. The molecule has 0 unspecified atom stereocenters. The first-order chi connectivity index (χ1) is 8.20. The van der Waals surface area contributed by atoms with Crippen molar-refractivity contribution in [3.8, 4) is 0 Å². The van der Waals surface area contributed by atoms with E-state index < -0.39 is 5.82 Å². The third kappa shape index (κ3) is 3.90. The molecular formula is C11H16FN3OS. The van der Waals surface area contributed by atoms with Crippen LogP contribution in [0, 0.1) is 5.82 Å². The van der Waals surface area contributed by atoms with E-state index in [2.05, 4.69) is 10.7 Å². The van der Waals surface area contributed by atoms with Crippen LogP contribution >= 0.6 is 11.8 Å². The Balaban J connectivity index is 2.65. The van der Waals surface area contributed by atoms with Crippen molar-refractivity contribution in [2.45, 2.75) is 6.42 Å². The lowest BCUT2D eigenvalue weighted by molar-refractivity contribution is 0.0954. The van der Waals surface area contributed by atoms with Crippen LogP contribution in [0.4, 0.5) is 10.1 Å². The molecular weight excluding hydrogens is 241 g/mol. The summed E-state index contributed by atoms with van der Waals surface area (Å²) in [6.45, 7) is 0.570. The number of hydrogen-bond acceptors (Lipinski definition) is 4. The van der Waals surface area contributed by atoms with E-state index in [0.29, 0.717) is 6.54 Å². The van der Waals surface area contributed by atoms with Crippen molar-refractivity contribution >= 4 is 23.4 Å². The highest BCUT2D eigenvalue weighted by atomic mass is 32.2. The molecule has 0 aromatic heterocycles. The Morgan fingerprint density at radius 1 is 1.53 bits per heavy atom. The Labute approximate surface area is 104 Å². The molecule has 1 rings (SSSR count). The van der Waals surface area contributed by atoms with Gasteiger partial charge in [0.15, 0.2) is 0 Å². The van der Waals surface area contributed by atoms with Crippen molar-refractivity contribution in [3.05, 3.63) is 29.6 Å². The number of para-hydroxylation sites is 1. The van der Waals surface area contributed by atoms with E-state index in [4.69, 9.17) is 5.84 Å². The van der Waals surface area contributed by atoms with Gasteiger partial charge in [0.1, 0.15) is 5.82 Å². The van der Waals surface area contributed by atoms with Crippen LogP contribution in [0.15, 0.2) is 18.2 Å². The molecule has 0 spiro atoms. The highest BCUT2D eigenvalue weighted by molar-refractivity contribution is 7.98. The maximum Gasteiger partial charge on any atom is 0.253 e. The SMILES string of the molecule is CSCCCNC(=O)c1cccc(F)c1NN. The van der Waals surface area contributed by atoms with E-state index in [1.807, 2.05) is 6.26 Å². The van der Waals surface area contributed by atoms with Crippen molar-refractivity contribution in [1.82, 2.24) is 5.32 Å². The number of benzene rings is 1. The number of carbonyl (C=O) groups excluding carboxylic acids is 1. The zero-order valence-corrected chi connectivity index (χ0v) is 10.4. The van der Waals surface area contributed by atoms with Crippen LogP contribution in [-0.4, -0.2) is 24.5 Å². The van der Waals surface area contributed by atoms with Gasteiger partial charge in [-0.3, -0.25) is 10.6 Å². The minimum Gasteiger partial charge on any atom is -0.352 e. The topological polar surface area (TPSA) is 67.2 Å². The van der Waals surface area contributed by atoms with E-state index in [1.165, 1.54) is 18.2 Å². The lowest BCUT2D eigenvalue weighted by Crippen LogP contribution is -2.26. The van der Waals surface area contributed by atoms with Gasteiger partial charge in [-0.1, -0.05) is 6.07 Å². The molecule has 0 bridgehead atoms. The zero-order valence-electron chi connectivity index (χ0n) is 9.63. The van der Waals surface area contributed by atoms with E-state index in [-0.39, 0.29) is 17.2 Å². The first-order valence-electron chi connectivity index (χ1n) is 5.23. The highest BCUT2D eigenvalue weighted by Crippen LogP contribution is 2.18. The molecule has 0 fully saturated rings. The van der Waals surface area contributed by atoms with Crippen molar-refractivity contribution in [3.63, 3.8) is 0 Å². The van der Waals surface area contributed by atoms with Crippen molar-refractivity contribution in [2.24, 2.45) is 5.84 Å². The highest BCUT2D eigenvalue weighted by Gasteiger charge is 2.13. The first kappa shape index (κ1) is 13.8. The molecule has 0 aliphatic rings. The molecule has 4 nitrogen and oxygen atoms in total. The normalized spacial score (nSPS) is 10.1. The van der Waals surface area contributed by atoms with Crippen LogP contribution in [0.5, 0.6) is 0 Å². The molecule has 1 amide bonds. The number of nitrogens with two attached hydrogens (primary N) is 1. The van der Waals surface area contributed by atoms with Gasteiger partial charge >= 0.3 is 0 Å². The Morgan fingerprint density at radius 3 is 2.94 bits per heavy atom. The van der Waals surface area contributed by atoms with Gasteiger partial charge in [-0.15, -0.1) is 0 Å². The van der Waals surface area contributed by atoms with Gasteiger partial charge in [0.05, 0.1) is 11.3 Å². The molecule has 17 heavy (non-hydrogen) atoms. The average Bonchev–Trinajstić information content (AvgIpc) is 2.34. The van der Waals surface area contributed by atoms with Crippen molar-refractivity contribution in [2.75, 3.05) is 24.0 Å². The molecule has 0 radical (unpaired) electrons. The minimum absolute atomic E-state index is 0.0230. The molecule has 0 aliphatic carbocycles. The maximum atomic E-state index is 13.3. The van der Waals surface area contributed by atoms with E-state index in [9.17, 15) is 9.18 Å². The molecule has 0 saturated heterocycles. The van der Waals surface area contributed by atoms with Crippen LogP contribution in [0.25, 0.3) is 0 Å². The fourth-order valence-corrected chi connectivity index (χ4v) is 1.81. The maximum absolute atomic E-state index is 13.3. The number of nitrogens with one attached hydrogen (secondary N) is 2. The van der Waals surface area contributed by atoms with Crippen LogP contribution < -0.4 is 16.6 Å². The number of nitrogen functional groups attached to an aromatic ring is 1.